The number of nitrogens with one attached hydrogen (secondary N) is 1. The second-order valence-electron chi connectivity index (χ2n) is 7.22. The Kier molecular flexibility index (Phi) is 7.54. The van der Waals surface area contributed by atoms with E-state index in [0.29, 0.717) is 12.3 Å². The maximum atomic E-state index is 12.7. The van der Waals surface area contributed by atoms with Crippen molar-refractivity contribution in [3.63, 3.8) is 0 Å². The molecule has 1 aliphatic heterocycles. The summed E-state index contributed by atoms with van der Waals surface area (Å²) < 4.78 is 5.22. The lowest BCUT2D eigenvalue weighted by Crippen LogP contribution is -2.43. The molecule has 3 rings (SSSR count). The van der Waals surface area contributed by atoms with Gasteiger partial charge in [-0.1, -0.05) is 42.5 Å². The first-order valence-electron chi connectivity index (χ1n) is 9.74. The monoisotopic (exact) mass is 425 g/mol. The van der Waals surface area contributed by atoms with E-state index < -0.39 is 0 Å². The highest BCUT2D eigenvalue weighted by Gasteiger charge is 2.26. The number of likely N-dealkylation sites (N-methyl/N-ethyl adjacent to an activating group) is 1. The third-order valence-corrected chi connectivity index (χ3v) is 5.78. The standard InChI is InChI=1S/C23H27N3O3S/c1-25(2)20(18-9-11-19(29-3)12-10-18)13-24-22(27)14-26-21(15-30-16-23(26)28)17-7-5-4-6-8-17/h4-12,15,20H,13-14,16H2,1-3H3,(H,24,27). The molecule has 0 saturated carbocycles. The number of amides is 2. The molecule has 2 aromatic rings. The highest BCUT2D eigenvalue weighted by molar-refractivity contribution is 8.03. The van der Waals surface area contributed by atoms with Gasteiger partial charge in [0.2, 0.25) is 11.8 Å². The molecule has 0 saturated heterocycles. The Morgan fingerprint density at radius 1 is 1.17 bits per heavy atom. The van der Waals surface area contributed by atoms with E-state index in [1.54, 1.807) is 12.0 Å². The summed E-state index contributed by atoms with van der Waals surface area (Å²) in [6.07, 6.45) is 0. The van der Waals surface area contributed by atoms with E-state index in [0.717, 1.165) is 22.6 Å². The molecule has 0 bridgehead atoms. The summed E-state index contributed by atoms with van der Waals surface area (Å²) in [6.45, 7) is 0.447. The Bertz CT molecular complexity index is 898. The molecule has 0 radical (unpaired) electrons. The van der Waals surface area contributed by atoms with E-state index in [1.807, 2.05) is 74.1 Å². The van der Waals surface area contributed by atoms with Gasteiger partial charge in [0.25, 0.3) is 0 Å². The second kappa shape index (κ2) is 10.3. The molecule has 1 unspecified atom stereocenters. The third-order valence-electron chi connectivity index (χ3n) is 4.98. The van der Waals surface area contributed by atoms with Crippen LogP contribution in [0.3, 0.4) is 0 Å². The van der Waals surface area contributed by atoms with E-state index in [4.69, 9.17) is 4.74 Å². The van der Waals surface area contributed by atoms with Crippen molar-refractivity contribution in [2.45, 2.75) is 6.04 Å². The number of methoxy groups -OCH3 is 1. The minimum atomic E-state index is -0.183. The summed E-state index contributed by atoms with van der Waals surface area (Å²) in [7, 11) is 5.59. The predicted octanol–water partition coefficient (Wildman–Crippen LogP) is 2.99. The van der Waals surface area contributed by atoms with Crippen molar-refractivity contribution in [1.29, 1.82) is 0 Å². The van der Waals surface area contributed by atoms with Gasteiger partial charge in [-0.3, -0.25) is 9.59 Å². The highest BCUT2D eigenvalue weighted by Crippen LogP contribution is 2.28. The van der Waals surface area contributed by atoms with Crippen LogP contribution in [0.5, 0.6) is 5.75 Å². The molecule has 1 aliphatic rings. The van der Waals surface area contributed by atoms with E-state index in [9.17, 15) is 9.59 Å². The molecular formula is C23H27N3O3S. The SMILES string of the molecule is COc1ccc(C(CNC(=O)CN2C(=O)CSC=C2c2ccccc2)N(C)C)cc1. The van der Waals surface area contributed by atoms with Crippen LogP contribution in [-0.2, 0) is 9.59 Å². The molecular weight excluding hydrogens is 398 g/mol. The predicted molar refractivity (Wildman–Crippen MR) is 121 cm³/mol. The summed E-state index contributed by atoms with van der Waals surface area (Å²) in [5.41, 5.74) is 2.78. The molecule has 1 heterocycles. The number of hydrogen-bond donors (Lipinski definition) is 1. The van der Waals surface area contributed by atoms with Crippen LogP contribution < -0.4 is 10.1 Å². The van der Waals surface area contributed by atoms with Crippen LogP contribution >= 0.6 is 11.8 Å². The zero-order valence-electron chi connectivity index (χ0n) is 17.5. The van der Waals surface area contributed by atoms with Gasteiger partial charge in [-0.15, -0.1) is 11.8 Å². The van der Waals surface area contributed by atoms with Gasteiger partial charge in [0.05, 0.1) is 24.6 Å². The van der Waals surface area contributed by atoms with Crippen LogP contribution in [-0.4, -0.2) is 61.7 Å². The van der Waals surface area contributed by atoms with Gasteiger partial charge in [-0.25, -0.2) is 0 Å². The third kappa shape index (κ3) is 5.43. The molecule has 6 nitrogen and oxygen atoms in total. The average Bonchev–Trinajstić information content (AvgIpc) is 2.76. The fraction of sp³-hybridized carbons (Fsp3) is 0.304. The van der Waals surface area contributed by atoms with Crippen molar-refractivity contribution in [3.05, 3.63) is 71.1 Å². The summed E-state index contributed by atoms with van der Waals surface area (Å²) in [5.74, 6) is 0.894. The molecule has 7 heteroatoms. The number of ether oxygens (including phenoxy) is 1. The lowest BCUT2D eigenvalue weighted by atomic mass is 10.1. The number of benzene rings is 2. The first-order chi connectivity index (χ1) is 14.5. The van der Waals surface area contributed by atoms with Crippen LogP contribution in [0.1, 0.15) is 17.2 Å². The maximum Gasteiger partial charge on any atom is 0.240 e. The van der Waals surface area contributed by atoms with Gasteiger partial charge in [-0.05, 0) is 42.8 Å². The lowest BCUT2D eigenvalue weighted by Gasteiger charge is -2.29. The maximum absolute atomic E-state index is 12.7. The number of carbonyl (C=O) groups is 2. The minimum absolute atomic E-state index is 0.00286. The van der Waals surface area contributed by atoms with Crippen molar-refractivity contribution < 1.29 is 14.3 Å². The van der Waals surface area contributed by atoms with Crippen molar-refractivity contribution in [3.8, 4) is 5.75 Å². The summed E-state index contributed by atoms with van der Waals surface area (Å²) in [5, 5.41) is 4.94. The fourth-order valence-corrected chi connectivity index (χ4v) is 4.11. The molecule has 2 aromatic carbocycles. The Balaban J connectivity index is 1.66. The van der Waals surface area contributed by atoms with Crippen LogP contribution in [0.25, 0.3) is 5.70 Å². The zero-order valence-corrected chi connectivity index (χ0v) is 18.3. The van der Waals surface area contributed by atoms with E-state index in [2.05, 4.69) is 10.2 Å². The Morgan fingerprint density at radius 3 is 2.50 bits per heavy atom. The van der Waals surface area contributed by atoms with Crippen LogP contribution in [0.2, 0.25) is 0 Å². The normalized spacial score (nSPS) is 15.0. The molecule has 0 aromatic heterocycles. The number of rotatable bonds is 8. The van der Waals surface area contributed by atoms with E-state index >= 15 is 0 Å². The van der Waals surface area contributed by atoms with Crippen LogP contribution in [0.4, 0.5) is 0 Å². The molecule has 0 aliphatic carbocycles. The molecule has 30 heavy (non-hydrogen) atoms. The quantitative estimate of drug-likeness (QED) is 0.705. The van der Waals surface area contributed by atoms with Gasteiger partial charge < -0.3 is 19.9 Å². The number of nitrogens with zero attached hydrogens (tertiary/aromatic N) is 2. The first-order valence-corrected chi connectivity index (χ1v) is 10.8. The van der Waals surface area contributed by atoms with Crippen molar-refractivity contribution in [2.75, 3.05) is 40.0 Å². The van der Waals surface area contributed by atoms with Gasteiger partial charge in [0, 0.05) is 6.54 Å². The number of carbonyl (C=O) groups excluding carboxylic acids is 2. The van der Waals surface area contributed by atoms with E-state index in [-0.39, 0.29) is 24.4 Å². The number of thioether (sulfide) groups is 1. The Labute approximate surface area is 181 Å². The van der Waals surface area contributed by atoms with Crippen LogP contribution in [0, 0.1) is 0 Å². The minimum Gasteiger partial charge on any atom is -0.497 e. The molecule has 0 fully saturated rings. The summed E-state index contributed by atoms with van der Waals surface area (Å²) >= 11 is 1.46. The highest BCUT2D eigenvalue weighted by atomic mass is 32.2. The largest absolute Gasteiger partial charge is 0.497 e. The van der Waals surface area contributed by atoms with Crippen LogP contribution in [0.15, 0.2) is 60.0 Å². The molecule has 2 amide bonds. The summed E-state index contributed by atoms with van der Waals surface area (Å²) in [4.78, 5) is 28.8. The lowest BCUT2D eigenvalue weighted by molar-refractivity contribution is -0.131. The zero-order chi connectivity index (χ0) is 21.5. The van der Waals surface area contributed by atoms with Crippen molar-refractivity contribution in [1.82, 2.24) is 15.1 Å². The second-order valence-corrected chi connectivity index (χ2v) is 8.07. The average molecular weight is 426 g/mol. The molecule has 1 atom stereocenters. The van der Waals surface area contributed by atoms with Gasteiger partial charge in [0.15, 0.2) is 0 Å². The first kappa shape index (κ1) is 21.9. The molecule has 1 N–H and O–H groups in total. The Hall–Kier alpha value is -2.77. The van der Waals surface area contributed by atoms with E-state index in [1.165, 1.54) is 11.8 Å². The smallest absolute Gasteiger partial charge is 0.240 e. The Morgan fingerprint density at radius 2 is 1.87 bits per heavy atom. The topological polar surface area (TPSA) is 61.9 Å². The number of hydrogen-bond acceptors (Lipinski definition) is 5. The van der Waals surface area contributed by atoms with Gasteiger partial charge in [-0.2, -0.15) is 0 Å². The molecule has 0 spiro atoms. The fourth-order valence-electron chi connectivity index (χ4n) is 3.31. The molecule has 158 valence electrons. The van der Waals surface area contributed by atoms with Gasteiger partial charge >= 0.3 is 0 Å². The summed E-state index contributed by atoms with van der Waals surface area (Å²) in [6, 6.07) is 17.5. The van der Waals surface area contributed by atoms with Gasteiger partial charge in [0.1, 0.15) is 12.3 Å². The van der Waals surface area contributed by atoms with Crippen molar-refractivity contribution >= 4 is 29.3 Å². The van der Waals surface area contributed by atoms with Crippen molar-refractivity contribution in [2.24, 2.45) is 0 Å².